The molecule has 0 fully saturated rings. The van der Waals surface area contributed by atoms with Crippen LogP contribution in [0.25, 0.3) is 0 Å². The van der Waals surface area contributed by atoms with Crippen molar-refractivity contribution in [3.63, 3.8) is 0 Å². The van der Waals surface area contributed by atoms with Gasteiger partial charge in [0.1, 0.15) is 0 Å². The van der Waals surface area contributed by atoms with E-state index in [4.69, 9.17) is 0 Å². The second-order valence-electron chi connectivity index (χ2n) is 3.58. The number of sulfone groups is 1. The third kappa shape index (κ3) is 4.16. The Morgan fingerprint density at radius 2 is 1.79 bits per heavy atom. The van der Waals surface area contributed by atoms with E-state index in [0.717, 1.165) is 6.26 Å². The minimum absolute atomic E-state index is 0.111. The van der Waals surface area contributed by atoms with Crippen molar-refractivity contribution in [2.75, 3.05) is 19.5 Å². The first-order chi connectivity index (χ1) is 8.75. The lowest BCUT2D eigenvalue weighted by molar-refractivity contribution is -0.145. The highest BCUT2D eigenvalue weighted by atomic mass is 32.2. The van der Waals surface area contributed by atoms with Gasteiger partial charge in [-0.1, -0.05) is 0 Å². The third-order valence-corrected chi connectivity index (χ3v) is 3.13. The summed E-state index contributed by atoms with van der Waals surface area (Å²) in [5.74, 6) is -4.01. The first-order valence-electron chi connectivity index (χ1n) is 5.23. The fourth-order valence-corrected chi connectivity index (χ4v) is 1.86. The first kappa shape index (κ1) is 15.4. The molecule has 0 aliphatic rings. The third-order valence-electron chi connectivity index (χ3n) is 2.04. The monoisotopic (exact) mass is 294 g/mol. The molecule has 5 nitrogen and oxygen atoms in total. The molecule has 0 saturated heterocycles. The van der Waals surface area contributed by atoms with Gasteiger partial charge in [0.15, 0.2) is 33.8 Å². The fraction of sp³-hybridized carbons (Fsp3) is 0.364. The second kappa shape index (κ2) is 5.96. The largest absolute Gasteiger partial charge is 0.476 e. The maximum absolute atomic E-state index is 13.5. The van der Waals surface area contributed by atoms with E-state index in [9.17, 15) is 22.0 Å². The lowest BCUT2D eigenvalue weighted by Gasteiger charge is -2.09. The molecule has 0 aromatic heterocycles. The van der Waals surface area contributed by atoms with Crippen molar-refractivity contribution in [3.8, 4) is 5.75 Å². The zero-order valence-corrected chi connectivity index (χ0v) is 11.1. The van der Waals surface area contributed by atoms with Crippen LogP contribution in [0.4, 0.5) is 8.78 Å². The van der Waals surface area contributed by atoms with Crippen molar-refractivity contribution in [1.82, 2.24) is 0 Å². The summed E-state index contributed by atoms with van der Waals surface area (Å²) in [4.78, 5) is 10.5. The van der Waals surface area contributed by atoms with Gasteiger partial charge in [-0.05, 0) is 19.1 Å². The summed E-state index contributed by atoms with van der Waals surface area (Å²) < 4.78 is 58.4. The highest BCUT2D eigenvalue weighted by molar-refractivity contribution is 7.90. The molecule has 106 valence electrons. The Balaban J connectivity index is 2.95. The second-order valence-corrected chi connectivity index (χ2v) is 5.60. The lowest BCUT2D eigenvalue weighted by Crippen LogP contribution is -2.16. The average Bonchev–Trinajstić information content (AvgIpc) is 2.26. The number of carbonyl (C=O) groups excluding carboxylic acids is 1. The van der Waals surface area contributed by atoms with Crippen molar-refractivity contribution < 1.29 is 31.5 Å². The highest BCUT2D eigenvalue weighted by Gasteiger charge is 2.18. The van der Waals surface area contributed by atoms with Crippen molar-refractivity contribution in [1.29, 1.82) is 0 Å². The van der Waals surface area contributed by atoms with Crippen LogP contribution in [0.3, 0.4) is 0 Å². The molecule has 0 atom stereocenters. The van der Waals surface area contributed by atoms with Gasteiger partial charge in [-0.2, -0.15) is 0 Å². The van der Waals surface area contributed by atoms with E-state index in [1.807, 2.05) is 0 Å². The molecule has 0 bridgehead atoms. The molecule has 0 aliphatic heterocycles. The summed E-state index contributed by atoms with van der Waals surface area (Å²) in [5, 5.41) is 0. The van der Waals surface area contributed by atoms with E-state index >= 15 is 0 Å². The van der Waals surface area contributed by atoms with Crippen LogP contribution >= 0.6 is 0 Å². The van der Waals surface area contributed by atoms with Gasteiger partial charge >= 0.3 is 5.97 Å². The number of rotatable bonds is 5. The summed E-state index contributed by atoms with van der Waals surface area (Å²) >= 11 is 0. The molecule has 0 saturated carbocycles. The normalized spacial score (nSPS) is 11.2. The van der Waals surface area contributed by atoms with Crippen molar-refractivity contribution in [2.45, 2.75) is 11.8 Å². The number of halogens is 2. The van der Waals surface area contributed by atoms with Crippen LogP contribution < -0.4 is 4.74 Å². The van der Waals surface area contributed by atoms with Gasteiger partial charge in [0, 0.05) is 6.26 Å². The molecule has 0 unspecified atom stereocenters. The number of hydrogen-bond donors (Lipinski definition) is 0. The summed E-state index contributed by atoms with van der Waals surface area (Å²) in [5.41, 5.74) is 0. The lowest BCUT2D eigenvalue weighted by atomic mass is 10.3. The van der Waals surface area contributed by atoms with Gasteiger partial charge in [0.05, 0.1) is 11.5 Å². The van der Waals surface area contributed by atoms with Gasteiger partial charge in [0.2, 0.25) is 0 Å². The quantitative estimate of drug-likeness (QED) is 0.766. The molecule has 1 aromatic rings. The topological polar surface area (TPSA) is 69.7 Å². The molecule has 1 rings (SSSR count). The van der Waals surface area contributed by atoms with E-state index < -0.39 is 44.7 Å². The molecule has 0 aliphatic carbocycles. The van der Waals surface area contributed by atoms with Crippen LogP contribution in [-0.4, -0.2) is 33.9 Å². The van der Waals surface area contributed by atoms with Crippen LogP contribution in [0.1, 0.15) is 6.92 Å². The Morgan fingerprint density at radius 3 is 2.21 bits per heavy atom. The average molecular weight is 294 g/mol. The first-order valence-corrected chi connectivity index (χ1v) is 7.12. The van der Waals surface area contributed by atoms with Crippen LogP contribution in [0, 0.1) is 11.6 Å². The van der Waals surface area contributed by atoms with Gasteiger partial charge in [-0.3, -0.25) is 0 Å². The number of carbonyl (C=O) groups is 1. The Bertz CT molecular complexity index is 560. The summed E-state index contributed by atoms with van der Waals surface area (Å²) in [6.45, 7) is 1.01. The van der Waals surface area contributed by atoms with Crippen LogP contribution in [-0.2, 0) is 19.4 Å². The number of ether oxygens (including phenoxy) is 2. The molecular weight excluding hydrogens is 282 g/mol. The molecule has 0 N–H and O–H groups in total. The predicted octanol–water partition coefficient (Wildman–Crippen LogP) is 1.31. The van der Waals surface area contributed by atoms with E-state index in [2.05, 4.69) is 9.47 Å². The van der Waals surface area contributed by atoms with Gasteiger partial charge in [0.25, 0.3) is 0 Å². The van der Waals surface area contributed by atoms with Gasteiger partial charge in [-0.25, -0.2) is 22.0 Å². The van der Waals surface area contributed by atoms with Crippen LogP contribution in [0.2, 0.25) is 0 Å². The van der Waals surface area contributed by atoms with Crippen molar-refractivity contribution in [2.24, 2.45) is 0 Å². The Morgan fingerprint density at radius 1 is 1.26 bits per heavy atom. The van der Waals surface area contributed by atoms with E-state index in [0.29, 0.717) is 12.1 Å². The highest BCUT2D eigenvalue weighted by Crippen LogP contribution is 2.25. The molecule has 19 heavy (non-hydrogen) atoms. The van der Waals surface area contributed by atoms with E-state index in [1.165, 1.54) is 0 Å². The summed E-state index contributed by atoms with van der Waals surface area (Å²) in [6, 6.07) is 1.25. The van der Waals surface area contributed by atoms with Gasteiger partial charge < -0.3 is 9.47 Å². The van der Waals surface area contributed by atoms with Crippen LogP contribution in [0.5, 0.6) is 5.75 Å². The number of esters is 1. The van der Waals surface area contributed by atoms with Crippen molar-refractivity contribution >= 4 is 15.8 Å². The maximum atomic E-state index is 13.5. The smallest absolute Gasteiger partial charge is 0.344 e. The minimum atomic E-state index is -3.73. The van der Waals surface area contributed by atoms with Crippen LogP contribution in [0.15, 0.2) is 17.0 Å². The zero-order valence-electron chi connectivity index (χ0n) is 10.3. The molecule has 8 heteroatoms. The molecule has 0 heterocycles. The molecular formula is C11H12F2O5S. The standard InChI is InChI=1S/C11H12F2O5S/c1-3-17-10(14)6-18-11-8(12)4-7(5-9(11)13)19(2,15)16/h4-5H,3,6H2,1-2H3. The molecule has 0 spiro atoms. The Labute approximate surface area is 109 Å². The summed E-state index contributed by atoms with van der Waals surface area (Å²) in [7, 11) is -3.73. The zero-order chi connectivity index (χ0) is 14.6. The maximum Gasteiger partial charge on any atom is 0.344 e. The molecule has 1 aromatic carbocycles. The fourth-order valence-electron chi connectivity index (χ4n) is 1.22. The minimum Gasteiger partial charge on any atom is -0.476 e. The Hall–Kier alpha value is -1.70. The SMILES string of the molecule is CCOC(=O)COc1c(F)cc(S(C)(=O)=O)cc1F. The molecule has 0 amide bonds. The summed E-state index contributed by atoms with van der Waals surface area (Å²) in [6.07, 6.45) is 0.820. The van der Waals surface area contributed by atoms with Crippen molar-refractivity contribution in [3.05, 3.63) is 23.8 Å². The van der Waals surface area contributed by atoms with E-state index in [-0.39, 0.29) is 6.61 Å². The number of benzene rings is 1. The van der Waals surface area contributed by atoms with Gasteiger partial charge in [-0.15, -0.1) is 0 Å². The number of hydrogen-bond acceptors (Lipinski definition) is 5. The Kier molecular flexibility index (Phi) is 4.82. The predicted molar refractivity (Wildman–Crippen MR) is 61.6 cm³/mol. The van der Waals surface area contributed by atoms with E-state index in [1.54, 1.807) is 6.92 Å². The molecule has 0 radical (unpaired) electrons.